The lowest BCUT2D eigenvalue weighted by atomic mass is 10.1. The van der Waals surface area contributed by atoms with Crippen LogP contribution < -0.4 is 11.1 Å². The van der Waals surface area contributed by atoms with E-state index in [1.165, 1.54) is 0 Å². The molecule has 1 saturated heterocycles. The molecule has 0 aromatic heterocycles. The SMILES string of the molecule is CC(CC(N)=S)N(C)C1CCCCNC1=O. The molecule has 0 aliphatic carbocycles. The smallest absolute Gasteiger partial charge is 0.237 e. The van der Waals surface area contributed by atoms with Gasteiger partial charge in [-0.25, -0.2) is 0 Å². The highest BCUT2D eigenvalue weighted by molar-refractivity contribution is 7.80. The van der Waals surface area contributed by atoms with E-state index in [1.807, 2.05) is 7.05 Å². The van der Waals surface area contributed by atoms with Gasteiger partial charge in [0.15, 0.2) is 0 Å². The van der Waals surface area contributed by atoms with E-state index in [1.54, 1.807) is 0 Å². The molecular weight excluding hydrogens is 222 g/mol. The summed E-state index contributed by atoms with van der Waals surface area (Å²) in [5.41, 5.74) is 5.53. The number of hydrogen-bond acceptors (Lipinski definition) is 3. The number of rotatable bonds is 4. The first kappa shape index (κ1) is 13.4. The molecule has 3 N–H and O–H groups in total. The topological polar surface area (TPSA) is 58.4 Å². The molecule has 0 spiro atoms. The molecule has 1 aliphatic rings. The maximum absolute atomic E-state index is 11.8. The summed E-state index contributed by atoms with van der Waals surface area (Å²) in [7, 11) is 1.97. The van der Waals surface area contributed by atoms with Crippen molar-refractivity contribution in [2.45, 2.75) is 44.7 Å². The molecule has 16 heavy (non-hydrogen) atoms. The lowest BCUT2D eigenvalue weighted by Crippen LogP contribution is -2.48. The molecule has 0 radical (unpaired) electrons. The maximum atomic E-state index is 11.8. The van der Waals surface area contributed by atoms with Gasteiger partial charge < -0.3 is 11.1 Å². The molecule has 5 heteroatoms. The molecule has 0 aromatic rings. The molecule has 92 valence electrons. The van der Waals surface area contributed by atoms with Gasteiger partial charge in [-0.2, -0.15) is 0 Å². The predicted molar refractivity (Wildman–Crippen MR) is 69.3 cm³/mol. The summed E-state index contributed by atoms with van der Waals surface area (Å²) in [6, 6.07) is 0.179. The number of carbonyl (C=O) groups is 1. The number of hydrogen-bond donors (Lipinski definition) is 2. The second-order valence-corrected chi connectivity index (χ2v) is 5.01. The highest BCUT2D eigenvalue weighted by Gasteiger charge is 2.27. The second-order valence-electron chi connectivity index (χ2n) is 4.49. The Hall–Kier alpha value is -0.680. The van der Waals surface area contributed by atoms with Gasteiger partial charge >= 0.3 is 0 Å². The Balaban J connectivity index is 2.59. The van der Waals surface area contributed by atoms with Crippen molar-refractivity contribution < 1.29 is 4.79 Å². The van der Waals surface area contributed by atoms with Crippen molar-refractivity contribution in [3.8, 4) is 0 Å². The molecule has 0 bridgehead atoms. The number of nitrogens with zero attached hydrogens (tertiary/aromatic N) is 1. The van der Waals surface area contributed by atoms with Crippen LogP contribution in [-0.2, 0) is 4.79 Å². The van der Waals surface area contributed by atoms with Crippen molar-refractivity contribution in [2.24, 2.45) is 5.73 Å². The minimum Gasteiger partial charge on any atom is -0.393 e. The van der Waals surface area contributed by atoms with E-state index in [0.29, 0.717) is 11.4 Å². The van der Waals surface area contributed by atoms with Crippen LogP contribution in [0.3, 0.4) is 0 Å². The normalized spacial score (nSPS) is 23.7. The number of nitrogens with one attached hydrogen (secondary N) is 1. The van der Waals surface area contributed by atoms with Crippen LogP contribution in [0, 0.1) is 0 Å². The van der Waals surface area contributed by atoms with E-state index in [4.69, 9.17) is 18.0 Å². The van der Waals surface area contributed by atoms with Gasteiger partial charge in [-0.3, -0.25) is 9.69 Å². The Morgan fingerprint density at radius 3 is 3.00 bits per heavy atom. The molecule has 0 aromatic carbocycles. The third kappa shape index (κ3) is 3.72. The van der Waals surface area contributed by atoms with Gasteiger partial charge in [-0.1, -0.05) is 12.2 Å². The third-order valence-corrected chi connectivity index (χ3v) is 3.36. The Morgan fingerprint density at radius 2 is 2.38 bits per heavy atom. The van der Waals surface area contributed by atoms with Crippen LogP contribution in [0.1, 0.15) is 32.6 Å². The van der Waals surface area contributed by atoms with E-state index in [0.717, 1.165) is 25.8 Å². The first-order chi connectivity index (χ1) is 7.52. The minimum atomic E-state index is -0.0353. The lowest BCUT2D eigenvalue weighted by Gasteiger charge is -2.31. The van der Waals surface area contributed by atoms with Crippen molar-refractivity contribution in [1.82, 2.24) is 10.2 Å². The van der Waals surface area contributed by atoms with Gasteiger partial charge in [0.2, 0.25) is 5.91 Å². The number of carbonyl (C=O) groups excluding carboxylic acids is 1. The Labute approximate surface area is 103 Å². The predicted octanol–water partition coefficient (Wildman–Crippen LogP) is 0.652. The molecule has 1 fully saturated rings. The molecule has 2 unspecified atom stereocenters. The summed E-state index contributed by atoms with van der Waals surface area (Å²) in [4.78, 5) is 14.4. The van der Waals surface area contributed by atoms with Crippen molar-refractivity contribution in [2.75, 3.05) is 13.6 Å². The standard InChI is InChI=1S/C11H21N3OS/c1-8(7-10(12)16)14(2)9-5-3-4-6-13-11(9)15/h8-9H,3-7H2,1-2H3,(H2,12,16)(H,13,15). The van der Waals surface area contributed by atoms with Crippen LogP contribution in [0.15, 0.2) is 0 Å². The number of amides is 1. The molecule has 2 atom stereocenters. The zero-order valence-electron chi connectivity index (χ0n) is 10.0. The molecule has 1 aliphatic heterocycles. The van der Waals surface area contributed by atoms with Crippen molar-refractivity contribution in [3.05, 3.63) is 0 Å². The van der Waals surface area contributed by atoms with E-state index < -0.39 is 0 Å². The fourth-order valence-electron chi connectivity index (χ4n) is 2.05. The van der Waals surface area contributed by atoms with Crippen LogP contribution >= 0.6 is 12.2 Å². The highest BCUT2D eigenvalue weighted by atomic mass is 32.1. The van der Waals surface area contributed by atoms with Gasteiger partial charge in [0.1, 0.15) is 0 Å². The van der Waals surface area contributed by atoms with E-state index >= 15 is 0 Å². The summed E-state index contributed by atoms with van der Waals surface area (Å²) in [6.07, 6.45) is 3.74. The molecule has 0 saturated carbocycles. The van der Waals surface area contributed by atoms with E-state index in [-0.39, 0.29) is 18.0 Å². The van der Waals surface area contributed by atoms with Crippen LogP contribution in [0.4, 0.5) is 0 Å². The van der Waals surface area contributed by atoms with E-state index in [9.17, 15) is 4.79 Å². The summed E-state index contributed by atoms with van der Waals surface area (Å²) in [5.74, 6) is 0.134. The molecule has 1 amide bonds. The fourth-order valence-corrected chi connectivity index (χ4v) is 2.30. The van der Waals surface area contributed by atoms with Crippen LogP contribution in [0.2, 0.25) is 0 Å². The van der Waals surface area contributed by atoms with Gasteiger partial charge in [0, 0.05) is 19.0 Å². The van der Waals surface area contributed by atoms with E-state index in [2.05, 4.69) is 17.1 Å². The van der Waals surface area contributed by atoms with Crippen molar-refractivity contribution >= 4 is 23.1 Å². The van der Waals surface area contributed by atoms with Crippen LogP contribution in [0.5, 0.6) is 0 Å². The largest absolute Gasteiger partial charge is 0.393 e. The lowest BCUT2D eigenvalue weighted by molar-refractivity contribution is -0.126. The van der Waals surface area contributed by atoms with Gasteiger partial charge in [0.25, 0.3) is 0 Å². The van der Waals surface area contributed by atoms with Crippen molar-refractivity contribution in [1.29, 1.82) is 0 Å². The molecule has 4 nitrogen and oxygen atoms in total. The second kappa shape index (κ2) is 6.15. The Morgan fingerprint density at radius 1 is 1.69 bits per heavy atom. The first-order valence-electron chi connectivity index (χ1n) is 5.80. The zero-order valence-corrected chi connectivity index (χ0v) is 10.8. The molecule has 1 rings (SSSR count). The molecule has 1 heterocycles. The average molecular weight is 243 g/mol. The average Bonchev–Trinajstić information content (AvgIpc) is 2.40. The molecular formula is C11H21N3OS. The summed E-state index contributed by atoms with van der Waals surface area (Å²) >= 11 is 4.90. The fraction of sp³-hybridized carbons (Fsp3) is 0.818. The van der Waals surface area contributed by atoms with Crippen molar-refractivity contribution in [3.63, 3.8) is 0 Å². The minimum absolute atomic E-state index is 0.0353. The maximum Gasteiger partial charge on any atom is 0.237 e. The summed E-state index contributed by atoms with van der Waals surface area (Å²) < 4.78 is 0. The van der Waals surface area contributed by atoms with Crippen LogP contribution in [0.25, 0.3) is 0 Å². The monoisotopic (exact) mass is 243 g/mol. The highest BCUT2D eigenvalue weighted by Crippen LogP contribution is 2.15. The first-order valence-corrected chi connectivity index (χ1v) is 6.21. The summed E-state index contributed by atoms with van der Waals surface area (Å²) in [5, 5.41) is 2.94. The third-order valence-electron chi connectivity index (χ3n) is 3.19. The number of thiocarbonyl (C=S) groups is 1. The quantitative estimate of drug-likeness (QED) is 0.712. The number of nitrogens with two attached hydrogens (primary N) is 1. The van der Waals surface area contributed by atoms with Gasteiger partial charge in [-0.05, 0) is 33.2 Å². The Bertz CT molecular complexity index is 270. The zero-order chi connectivity index (χ0) is 12.1. The van der Waals surface area contributed by atoms with Gasteiger partial charge in [0.05, 0.1) is 11.0 Å². The van der Waals surface area contributed by atoms with Gasteiger partial charge in [-0.15, -0.1) is 0 Å². The number of likely N-dealkylation sites (N-methyl/N-ethyl adjacent to an activating group) is 1. The Kier molecular flexibility index (Phi) is 5.15. The summed E-state index contributed by atoms with van der Waals surface area (Å²) in [6.45, 7) is 2.85. The van der Waals surface area contributed by atoms with Crippen LogP contribution in [-0.4, -0.2) is 41.5 Å².